The summed E-state index contributed by atoms with van der Waals surface area (Å²) in [5, 5.41) is 12.7. The standard InChI is InChI=1S/C24H21NO4S/c26-23(27)21-18-11-5-6-12-20(18)30-22(21)25-24(28)29-13-19-16-9-3-1-7-14(16)15-8-2-4-10-17(15)19/h1-4,7-10,19H,5-6,11-13H2,(H,25,28)(H,26,27). The first-order chi connectivity index (χ1) is 14.6. The van der Waals surface area contributed by atoms with Crippen molar-refractivity contribution in [2.45, 2.75) is 31.6 Å². The minimum absolute atomic E-state index is 0.0290. The number of carboxylic acid groups (broad SMARTS) is 1. The van der Waals surface area contributed by atoms with Gasteiger partial charge in [0.25, 0.3) is 0 Å². The molecule has 0 aliphatic heterocycles. The van der Waals surface area contributed by atoms with Crippen molar-refractivity contribution in [1.29, 1.82) is 0 Å². The quantitative estimate of drug-likeness (QED) is 0.570. The van der Waals surface area contributed by atoms with E-state index in [1.807, 2.05) is 24.3 Å². The Morgan fingerprint density at radius 2 is 1.63 bits per heavy atom. The van der Waals surface area contributed by atoms with Crippen molar-refractivity contribution in [3.8, 4) is 11.1 Å². The van der Waals surface area contributed by atoms with Crippen LogP contribution in [0.25, 0.3) is 11.1 Å². The summed E-state index contributed by atoms with van der Waals surface area (Å²) in [7, 11) is 0. The molecule has 2 aromatic carbocycles. The fourth-order valence-electron chi connectivity index (χ4n) is 4.61. The minimum Gasteiger partial charge on any atom is -0.478 e. The van der Waals surface area contributed by atoms with Crippen LogP contribution in [0, 0.1) is 0 Å². The summed E-state index contributed by atoms with van der Waals surface area (Å²) in [5.41, 5.74) is 5.71. The smallest absolute Gasteiger partial charge is 0.412 e. The third-order valence-corrected chi connectivity index (χ3v) is 7.15. The Balaban J connectivity index is 1.34. The molecule has 0 saturated carbocycles. The Morgan fingerprint density at radius 3 is 2.30 bits per heavy atom. The zero-order valence-corrected chi connectivity index (χ0v) is 17.1. The molecule has 30 heavy (non-hydrogen) atoms. The Kier molecular flexibility index (Phi) is 4.79. The Bertz CT molecular complexity index is 1100. The molecule has 152 valence electrons. The maximum absolute atomic E-state index is 12.6. The van der Waals surface area contributed by atoms with Gasteiger partial charge in [-0.25, -0.2) is 9.59 Å². The summed E-state index contributed by atoms with van der Waals surface area (Å²) >= 11 is 1.36. The first-order valence-electron chi connectivity index (χ1n) is 10.1. The number of carbonyl (C=O) groups is 2. The van der Waals surface area contributed by atoms with Crippen molar-refractivity contribution in [2.75, 3.05) is 11.9 Å². The van der Waals surface area contributed by atoms with E-state index in [4.69, 9.17) is 4.74 Å². The summed E-state index contributed by atoms with van der Waals surface area (Å²) in [6, 6.07) is 16.3. The predicted octanol–water partition coefficient (Wildman–Crippen LogP) is 5.69. The molecular weight excluding hydrogens is 398 g/mol. The lowest BCUT2D eigenvalue weighted by molar-refractivity contribution is 0.0697. The van der Waals surface area contributed by atoms with E-state index in [0.29, 0.717) is 5.00 Å². The average Bonchev–Trinajstić information content (AvgIpc) is 3.27. The highest BCUT2D eigenvalue weighted by molar-refractivity contribution is 7.17. The van der Waals surface area contributed by atoms with Gasteiger partial charge in [0, 0.05) is 10.8 Å². The normalized spacial score (nSPS) is 14.5. The molecule has 5 nitrogen and oxygen atoms in total. The zero-order chi connectivity index (χ0) is 20.7. The van der Waals surface area contributed by atoms with Gasteiger partial charge in [0.2, 0.25) is 0 Å². The number of anilines is 1. The van der Waals surface area contributed by atoms with Gasteiger partial charge in [0.1, 0.15) is 11.6 Å². The van der Waals surface area contributed by atoms with Crippen molar-refractivity contribution < 1.29 is 19.4 Å². The number of carboxylic acids is 1. The fourth-order valence-corrected chi connectivity index (χ4v) is 5.87. The van der Waals surface area contributed by atoms with Crippen molar-refractivity contribution >= 4 is 28.4 Å². The van der Waals surface area contributed by atoms with Crippen LogP contribution >= 0.6 is 11.3 Å². The van der Waals surface area contributed by atoms with Crippen LogP contribution < -0.4 is 5.32 Å². The Hall–Kier alpha value is -3.12. The number of rotatable bonds is 4. The highest BCUT2D eigenvalue weighted by Gasteiger charge is 2.30. The third-order valence-electron chi connectivity index (χ3n) is 5.94. The molecule has 0 fully saturated rings. The number of aromatic carboxylic acids is 1. The lowest BCUT2D eigenvalue weighted by Crippen LogP contribution is -2.18. The molecule has 5 rings (SSSR count). The molecule has 2 aliphatic rings. The van der Waals surface area contributed by atoms with E-state index in [0.717, 1.165) is 47.3 Å². The highest BCUT2D eigenvalue weighted by atomic mass is 32.1. The third kappa shape index (κ3) is 3.17. The van der Waals surface area contributed by atoms with Gasteiger partial charge >= 0.3 is 12.1 Å². The molecule has 0 radical (unpaired) electrons. The van der Waals surface area contributed by atoms with Crippen molar-refractivity contribution in [2.24, 2.45) is 0 Å². The second kappa shape index (κ2) is 7.61. The molecule has 0 bridgehead atoms. The van der Waals surface area contributed by atoms with Crippen LogP contribution in [0.3, 0.4) is 0 Å². The van der Waals surface area contributed by atoms with E-state index in [-0.39, 0.29) is 18.1 Å². The van der Waals surface area contributed by atoms with Crippen LogP contribution in [0.15, 0.2) is 48.5 Å². The van der Waals surface area contributed by atoms with Gasteiger partial charge in [-0.15, -0.1) is 11.3 Å². The molecule has 0 atom stereocenters. The summed E-state index contributed by atoms with van der Waals surface area (Å²) < 4.78 is 5.57. The van der Waals surface area contributed by atoms with Crippen molar-refractivity contribution in [3.63, 3.8) is 0 Å². The van der Waals surface area contributed by atoms with Gasteiger partial charge in [-0.1, -0.05) is 48.5 Å². The lowest BCUT2D eigenvalue weighted by atomic mass is 9.95. The van der Waals surface area contributed by atoms with Crippen LogP contribution in [-0.4, -0.2) is 23.8 Å². The van der Waals surface area contributed by atoms with Gasteiger partial charge in [-0.3, -0.25) is 5.32 Å². The first-order valence-corrected chi connectivity index (χ1v) is 10.9. The fraction of sp³-hybridized carbons (Fsp3) is 0.250. The van der Waals surface area contributed by atoms with E-state index in [9.17, 15) is 14.7 Å². The van der Waals surface area contributed by atoms with Gasteiger partial charge < -0.3 is 9.84 Å². The number of fused-ring (bicyclic) bond motifs is 4. The molecule has 0 spiro atoms. The average molecular weight is 420 g/mol. The molecule has 0 saturated heterocycles. The Morgan fingerprint density at radius 1 is 1.00 bits per heavy atom. The maximum atomic E-state index is 12.6. The second-order valence-corrected chi connectivity index (χ2v) is 8.78. The van der Waals surface area contributed by atoms with E-state index in [1.54, 1.807) is 0 Å². The maximum Gasteiger partial charge on any atom is 0.412 e. The summed E-state index contributed by atoms with van der Waals surface area (Å²) in [6.07, 6.45) is 3.04. The van der Waals surface area contributed by atoms with Gasteiger partial charge in [0.05, 0.1) is 5.56 Å². The summed E-state index contributed by atoms with van der Waals surface area (Å²) in [5.74, 6) is -1.03. The number of benzene rings is 2. The second-order valence-electron chi connectivity index (χ2n) is 7.67. The molecule has 6 heteroatoms. The molecule has 2 aliphatic carbocycles. The molecular formula is C24H21NO4S. The topological polar surface area (TPSA) is 75.6 Å². The van der Waals surface area contributed by atoms with E-state index in [1.165, 1.54) is 22.5 Å². The van der Waals surface area contributed by atoms with Crippen LogP contribution in [-0.2, 0) is 17.6 Å². The number of ether oxygens (including phenoxy) is 1. The first kappa shape index (κ1) is 18.9. The highest BCUT2D eigenvalue weighted by Crippen LogP contribution is 2.44. The monoisotopic (exact) mass is 419 g/mol. The number of aryl methyl sites for hydroxylation is 1. The van der Waals surface area contributed by atoms with Crippen LogP contribution in [0.1, 0.15) is 50.7 Å². The molecule has 0 unspecified atom stereocenters. The van der Waals surface area contributed by atoms with Gasteiger partial charge in [0.15, 0.2) is 0 Å². The molecule has 1 heterocycles. The lowest BCUT2D eigenvalue weighted by Gasteiger charge is -2.14. The predicted molar refractivity (Wildman–Crippen MR) is 117 cm³/mol. The molecule has 1 aromatic heterocycles. The van der Waals surface area contributed by atoms with E-state index < -0.39 is 12.1 Å². The van der Waals surface area contributed by atoms with Gasteiger partial charge in [-0.05, 0) is 53.5 Å². The molecule has 1 amide bonds. The number of hydrogen-bond donors (Lipinski definition) is 2. The van der Waals surface area contributed by atoms with Crippen LogP contribution in [0.4, 0.5) is 9.80 Å². The summed E-state index contributed by atoms with van der Waals surface area (Å²) in [4.78, 5) is 25.4. The van der Waals surface area contributed by atoms with E-state index >= 15 is 0 Å². The minimum atomic E-state index is -0.997. The number of nitrogens with one attached hydrogen (secondary N) is 1. The van der Waals surface area contributed by atoms with Gasteiger partial charge in [-0.2, -0.15) is 0 Å². The summed E-state index contributed by atoms with van der Waals surface area (Å²) in [6.45, 7) is 0.202. The van der Waals surface area contributed by atoms with Crippen molar-refractivity contribution in [1.82, 2.24) is 0 Å². The number of thiophene rings is 1. The largest absolute Gasteiger partial charge is 0.478 e. The molecule has 2 N–H and O–H groups in total. The van der Waals surface area contributed by atoms with E-state index in [2.05, 4.69) is 29.6 Å². The number of hydrogen-bond acceptors (Lipinski definition) is 4. The zero-order valence-electron chi connectivity index (χ0n) is 16.3. The Labute approximate surface area is 178 Å². The number of carbonyl (C=O) groups excluding carboxylic acids is 1. The van der Waals surface area contributed by atoms with Crippen LogP contribution in [0.2, 0.25) is 0 Å². The van der Waals surface area contributed by atoms with Crippen molar-refractivity contribution in [3.05, 3.63) is 75.7 Å². The number of amides is 1. The SMILES string of the molecule is O=C(Nc1sc2c(c1C(=O)O)CCCC2)OCC1c2ccccc2-c2ccccc21. The van der Waals surface area contributed by atoms with Crippen LogP contribution in [0.5, 0.6) is 0 Å². The molecule has 3 aromatic rings.